The van der Waals surface area contributed by atoms with Gasteiger partial charge in [0.15, 0.2) is 0 Å². The molecule has 0 aliphatic carbocycles. The van der Waals surface area contributed by atoms with Gasteiger partial charge in [0.1, 0.15) is 17.2 Å². The van der Waals surface area contributed by atoms with Gasteiger partial charge < -0.3 is 20.4 Å². The maximum atomic E-state index is 10.8. The number of carboxylic acid groups (broad SMARTS) is 1. The molecule has 1 rings (SSSR count). The van der Waals surface area contributed by atoms with E-state index < -0.39 is 23.4 Å². The normalized spacial score (nSPS) is 12.3. The molecule has 0 spiro atoms. The largest absolute Gasteiger partial charge is 0.508 e. The summed E-state index contributed by atoms with van der Waals surface area (Å²) in [7, 11) is 0. The predicted octanol–water partition coefficient (Wildman–Crippen LogP) is 1.38. The minimum Gasteiger partial charge on any atom is -0.508 e. The van der Waals surface area contributed by atoms with E-state index in [1.165, 1.54) is 0 Å². The molecular formula is C10H12O5. The number of phenols is 3. The Bertz CT molecular complexity index is 362. The quantitative estimate of drug-likeness (QED) is 0.606. The second-order valence-electron chi connectivity index (χ2n) is 3.20. The zero-order valence-corrected chi connectivity index (χ0v) is 8.14. The lowest BCUT2D eigenvalue weighted by Crippen LogP contribution is -2.10. The molecule has 5 nitrogen and oxygen atoms in total. The number of aliphatic carboxylic acids is 1. The van der Waals surface area contributed by atoms with Crippen LogP contribution in [0.5, 0.6) is 17.2 Å². The van der Waals surface area contributed by atoms with Crippen LogP contribution in [0.3, 0.4) is 0 Å². The summed E-state index contributed by atoms with van der Waals surface area (Å²) < 4.78 is 0. The molecule has 15 heavy (non-hydrogen) atoms. The third-order valence-corrected chi connectivity index (χ3v) is 2.18. The van der Waals surface area contributed by atoms with Gasteiger partial charge in [0.2, 0.25) is 0 Å². The molecule has 0 saturated carbocycles. The fourth-order valence-corrected chi connectivity index (χ4v) is 1.47. The highest BCUT2D eigenvalue weighted by molar-refractivity contribution is 5.78. The summed E-state index contributed by atoms with van der Waals surface area (Å²) in [6.07, 6.45) is 0.237. The van der Waals surface area contributed by atoms with Crippen LogP contribution in [-0.2, 0) is 4.79 Å². The van der Waals surface area contributed by atoms with Crippen LogP contribution in [0.15, 0.2) is 12.1 Å². The Balaban J connectivity index is 3.29. The van der Waals surface area contributed by atoms with Gasteiger partial charge in [-0.25, -0.2) is 0 Å². The van der Waals surface area contributed by atoms with Gasteiger partial charge in [-0.05, 0) is 6.42 Å². The van der Waals surface area contributed by atoms with Crippen molar-refractivity contribution in [2.24, 2.45) is 0 Å². The highest BCUT2D eigenvalue weighted by Gasteiger charge is 2.24. The van der Waals surface area contributed by atoms with E-state index in [4.69, 9.17) is 10.2 Å². The van der Waals surface area contributed by atoms with Gasteiger partial charge in [-0.1, -0.05) is 6.92 Å². The number of rotatable bonds is 3. The summed E-state index contributed by atoms with van der Waals surface area (Å²) in [4.78, 5) is 10.8. The van der Waals surface area contributed by atoms with Gasteiger partial charge in [-0.3, -0.25) is 4.79 Å². The van der Waals surface area contributed by atoms with Crippen LogP contribution in [0.1, 0.15) is 24.8 Å². The Hall–Kier alpha value is -1.91. The van der Waals surface area contributed by atoms with Gasteiger partial charge in [-0.15, -0.1) is 0 Å². The lowest BCUT2D eigenvalue weighted by molar-refractivity contribution is -0.139. The van der Waals surface area contributed by atoms with Crippen molar-refractivity contribution < 1.29 is 25.2 Å². The molecule has 0 aliphatic heterocycles. The fraction of sp³-hybridized carbons (Fsp3) is 0.300. The van der Waals surface area contributed by atoms with Crippen molar-refractivity contribution in [1.82, 2.24) is 0 Å². The molecule has 0 saturated heterocycles. The summed E-state index contributed by atoms with van der Waals surface area (Å²) in [5.74, 6) is -3.25. The van der Waals surface area contributed by atoms with E-state index in [1.54, 1.807) is 6.92 Å². The minimum atomic E-state index is -1.13. The topological polar surface area (TPSA) is 98.0 Å². The first-order chi connectivity index (χ1) is 6.97. The minimum absolute atomic E-state index is 0.0669. The molecule has 0 bridgehead atoms. The first kappa shape index (κ1) is 11.2. The standard InChI is InChI=1S/C10H12O5/c1-2-6(10(14)15)9-7(12)3-5(11)4-8(9)13/h3-4,6,11-13H,2H2,1H3,(H,14,15). The zero-order chi connectivity index (χ0) is 11.6. The van der Waals surface area contributed by atoms with Crippen molar-refractivity contribution >= 4 is 5.97 Å². The molecule has 0 fully saturated rings. The first-order valence-electron chi connectivity index (χ1n) is 4.45. The van der Waals surface area contributed by atoms with E-state index in [-0.39, 0.29) is 17.7 Å². The molecule has 1 atom stereocenters. The second kappa shape index (κ2) is 4.08. The highest BCUT2D eigenvalue weighted by Crippen LogP contribution is 2.38. The van der Waals surface area contributed by atoms with Crippen molar-refractivity contribution in [3.05, 3.63) is 17.7 Å². The number of hydrogen-bond donors (Lipinski definition) is 4. The average Bonchev–Trinajstić information content (AvgIpc) is 2.09. The molecule has 4 N–H and O–H groups in total. The van der Waals surface area contributed by atoms with Gasteiger partial charge in [-0.2, -0.15) is 0 Å². The Kier molecular flexibility index (Phi) is 3.04. The molecule has 5 heteroatoms. The number of carboxylic acids is 1. The van der Waals surface area contributed by atoms with Crippen LogP contribution in [0.4, 0.5) is 0 Å². The number of benzene rings is 1. The monoisotopic (exact) mass is 212 g/mol. The van der Waals surface area contributed by atoms with Crippen molar-refractivity contribution in [3.8, 4) is 17.2 Å². The van der Waals surface area contributed by atoms with Crippen LogP contribution in [0.25, 0.3) is 0 Å². The fourth-order valence-electron chi connectivity index (χ4n) is 1.47. The summed E-state index contributed by atoms with van der Waals surface area (Å²) >= 11 is 0. The molecule has 0 radical (unpaired) electrons. The molecule has 0 aromatic heterocycles. The summed E-state index contributed by atoms with van der Waals surface area (Å²) in [6, 6.07) is 2.00. The molecule has 1 unspecified atom stereocenters. The maximum absolute atomic E-state index is 10.8. The molecule has 0 heterocycles. The van der Waals surface area contributed by atoms with Crippen LogP contribution in [0, 0.1) is 0 Å². The molecular weight excluding hydrogens is 200 g/mol. The average molecular weight is 212 g/mol. The Labute approximate surface area is 86.2 Å². The smallest absolute Gasteiger partial charge is 0.311 e. The Morgan fingerprint density at radius 2 is 1.73 bits per heavy atom. The van der Waals surface area contributed by atoms with Crippen LogP contribution < -0.4 is 0 Å². The number of carbonyl (C=O) groups is 1. The predicted molar refractivity (Wildman–Crippen MR) is 52.1 cm³/mol. The van der Waals surface area contributed by atoms with Crippen LogP contribution in [-0.4, -0.2) is 26.4 Å². The summed E-state index contributed by atoms with van der Waals surface area (Å²) in [6.45, 7) is 1.63. The highest BCUT2D eigenvalue weighted by atomic mass is 16.4. The zero-order valence-electron chi connectivity index (χ0n) is 8.14. The molecule has 82 valence electrons. The van der Waals surface area contributed by atoms with E-state index in [0.717, 1.165) is 12.1 Å². The van der Waals surface area contributed by atoms with Crippen molar-refractivity contribution in [3.63, 3.8) is 0 Å². The first-order valence-corrected chi connectivity index (χ1v) is 4.45. The van der Waals surface area contributed by atoms with Gasteiger partial charge >= 0.3 is 5.97 Å². The van der Waals surface area contributed by atoms with Crippen molar-refractivity contribution in [2.75, 3.05) is 0 Å². The molecule has 1 aromatic carbocycles. The van der Waals surface area contributed by atoms with Gasteiger partial charge in [0.05, 0.1) is 11.5 Å². The van der Waals surface area contributed by atoms with Crippen LogP contribution in [0.2, 0.25) is 0 Å². The van der Waals surface area contributed by atoms with Crippen LogP contribution >= 0.6 is 0 Å². The third kappa shape index (κ3) is 2.12. The van der Waals surface area contributed by atoms with E-state index in [1.807, 2.05) is 0 Å². The van der Waals surface area contributed by atoms with Crippen molar-refractivity contribution in [1.29, 1.82) is 0 Å². The van der Waals surface area contributed by atoms with E-state index in [0.29, 0.717) is 0 Å². The summed E-state index contributed by atoms with van der Waals surface area (Å²) in [5, 5.41) is 36.8. The third-order valence-electron chi connectivity index (χ3n) is 2.18. The number of hydrogen-bond acceptors (Lipinski definition) is 4. The van der Waals surface area contributed by atoms with Crippen molar-refractivity contribution in [2.45, 2.75) is 19.3 Å². The number of aromatic hydroxyl groups is 3. The lowest BCUT2D eigenvalue weighted by Gasteiger charge is -2.13. The van der Waals surface area contributed by atoms with E-state index in [9.17, 15) is 15.0 Å². The SMILES string of the molecule is CCC(C(=O)O)c1c(O)cc(O)cc1O. The van der Waals surface area contributed by atoms with E-state index in [2.05, 4.69) is 0 Å². The second-order valence-corrected chi connectivity index (χ2v) is 3.20. The lowest BCUT2D eigenvalue weighted by atomic mass is 9.94. The molecule has 0 amide bonds. The maximum Gasteiger partial charge on any atom is 0.311 e. The van der Waals surface area contributed by atoms with Gasteiger partial charge in [0.25, 0.3) is 0 Å². The number of phenolic OH excluding ortho intramolecular Hbond substituents is 3. The Morgan fingerprint density at radius 1 is 1.27 bits per heavy atom. The van der Waals surface area contributed by atoms with Gasteiger partial charge in [0, 0.05) is 12.1 Å². The Morgan fingerprint density at radius 3 is 2.07 bits per heavy atom. The molecule has 0 aliphatic rings. The van der Waals surface area contributed by atoms with E-state index >= 15 is 0 Å². The molecule has 1 aromatic rings. The summed E-state index contributed by atoms with van der Waals surface area (Å²) in [5.41, 5.74) is -0.0669.